The number of nitrogens with zero attached hydrogens (tertiary/aromatic N) is 3. The van der Waals surface area contributed by atoms with E-state index in [9.17, 15) is 0 Å². The lowest BCUT2D eigenvalue weighted by Crippen LogP contribution is -2.29. The van der Waals surface area contributed by atoms with Crippen molar-refractivity contribution in [1.82, 2.24) is 4.90 Å². The lowest BCUT2D eigenvalue weighted by atomic mass is 10.0. The van der Waals surface area contributed by atoms with Crippen LogP contribution in [0.4, 0.5) is 0 Å². The maximum absolute atomic E-state index is 9.13. The van der Waals surface area contributed by atoms with Crippen molar-refractivity contribution in [2.75, 3.05) is 7.11 Å². The molecule has 5 heteroatoms. The van der Waals surface area contributed by atoms with Crippen molar-refractivity contribution in [3.63, 3.8) is 0 Å². The highest BCUT2D eigenvalue weighted by Gasteiger charge is 2.29. The maximum atomic E-state index is 9.13. The van der Waals surface area contributed by atoms with Crippen LogP contribution in [-0.4, -0.2) is 27.9 Å². The van der Waals surface area contributed by atoms with Gasteiger partial charge < -0.3 is 15.2 Å². The van der Waals surface area contributed by atoms with Gasteiger partial charge in [0.1, 0.15) is 5.76 Å². The fourth-order valence-corrected chi connectivity index (χ4v) is 3.16. The zero-order chi connectivity index (χ0) is 18.4. The van der Waals surface area contributed by atoms with E-state index in [0.717, 1.165) is 5.70 Å². The Kier molecular flexibility index (Phi) is 5.90. The normalized spacial score (nSPS) is 16.4. The van der Waals surface area contributed by atoms with Crippen LogP contribution in [0.1, 0.15) is 11.1 Å². The average molecular weight is 366 g/mol. The van der Waals surface area contributed by atoms with Crippen LogP contribution >= 0.6 is 11.6 Å². The standard InChI is InChI=1S/C21H20ClN3O/c1-26-21-13-19(24-23)18(22)12-20(21)25(14-16-8-4-2-5-9-16)15-17-10-6-3-7-11-17/h2-13,18H,14-15H2,1H3. The molecular weight excluding hydrogens is 346 g/mol. The molecule has 0 bridgehead atoms. The summed E-state index contributed by atoms with van der Waals surface area (Å²) >= 11 is 6.36. The third-order valence-electron chi connectivity index (χ3n) is 4.23. The molecule has 132 valence electrons. The quantitative estimate of drug-likeness (QED) is 0.433. The van der Waals surface area contributed by atoms with E-state index in [0.29, 0.717) is 24.6 Å². The number of rotatable bonds is 6. The molecule has 0 aromatic heterocycles. The van der Waals surface area contributed by atoms with E-state index in [-0.39, 0.29) is 0 Å². The van der Waals surface area contributed by atoms with Crippen LogP contribution in [0.25, 0.3) is 5.53 Å². The first-order valence-electron chi connectivity index (χ1n) is 8.38. The van der Waals surface area contributed by atoms with Crippen LogP contribution < -0.4 is 0 Å². The number of benzene rings is 2. The molecule has 0 saturated heterocycles. The Morgan fingerprint density at radius 1 is 1.00 bits per heavy atom. The zero-order valence-corrected chi connectivity index (χ0v) is 15.3. The molecule has 0 heterocycles. The molecule has 1 unspecified atom stereocenters. The van der Waals surface area contributed by atoms with Crippen molar-refractivity contribution in [3.8, 4) is 0 Å². The summed E-state index contributed by atoms with van der Waals surface area (Å²) in [5.74, 6) is 0.626. The molecule has 0 amide bonds. The van der Waals surface area contributed by atoms with Gasteiger partial charge in [0, 0.05) is 13.1 Å². The van der Waals surface area contributed by atoms with Gasteiger partial charge in [-0.15, -0.1) is 11.6 Å². The predicted octanol–water partition coefficient (Wildman–Crippen LogP) is 4.39. The molecule has 4 nitrogen and oxygen atoms in total. The molecule has 0 spiro atoms. The van der Waals surface area contributed by atoms with Gasteiger partial charge in [0.15, 0.2) is 5.38 Å². The molecule has 2 aromatic carbocycles. The fourth-order valence-electron chi connectivity index (χ4n) is 2.94. The molecule has 2 aromatic rings. The first kappa shape index (κ1) is 18.0. The molecule has 0 saturated carbocycles. The second kappa shape index (κ2) is 8.52. The summed E-state index contributed by atoms with van der Waals surface area (Å²) in [6, 6.07) is 20.5. The lowest BCUT2D eigenvalue weighted by Gasteiger charge is -2.30. The van der Waals surface area contributed by atoms with Gasteiger partial charge in [-0.25, -0.2) is 0 Å². The van der Waals surface area contributed by atoms with Gasteiger partial charge in [-0.3, -0.25) is 0 Å². The summed E-state index contributed by atoms with van der Waals surface area (Å²) in [6.07, 6.45) is 3.54. The minimum absolute atomic E-state index is 0.367. The van der Waals surface area contributed by atoms with Gasteiger partial charge in [0.2, 0.25) is 0 Å². The maximum Gasteiger partial charge on any atom is 0.317 e. The first-order valence-corrected chi connectivity index (χ1v) is 8.81. The number of alkyl halides is 1. The number of hydrogen-bond donors (Lipinski definition) is 0. The highest BCUT2D eigenvalue weighted by Crippen LogP contribution is 2.27. The van der Waals surface area contributed by atoms with Crippen LogP contribution in [0, 0.1) is 0 Å². The summed E-state index contributed by atoms with van der Waals surface area (Å²) in [5, 5.41) is -0.511. The molecule has 26 heavy (non-hydrogen) atoms. The number of methoxy groups -OCH3 is 1. The molecule has 0 radical (unpaired) electrons. The van der Waals surface area contributed by atoms with Crippen molar-refractivity contribution in [2.45, 2.75) is 18.5 Å². The molecule has 0 aliphatic heterocycles. The average Bonchev–Trinajstić information content (AvgIpc) is 2.69. The molecule has 1 atom stereocenters. The van der Waals surface area contributed by atoms with Gasteiger partial charge in [0.25, 0.3) is 0 Å². The third kappa shape index (κ3) is 4.23. The van der Waals surface area contributed by atoms with Crippen LogP contribution in [0.2, 0.25) is 0 Å². The Balaban J connectivity index is 1.96. The second-order valence-electron chi connectivity index (χ2n) is 6.02. The van der Waals surface area contributed by atoms with E-state index in [1.54, 1.807) is 13.2 Å². The number of allylic oxidation sites excluding steroid dienone is 2. The van der Waals surface area contributed by atoms with E-state index in [4.69, 9.17) is 21.9 Å². The van der Waals surface area contributed by atoms with Gasteiger partial charge in [0.05, 0.1) is 18.9 Å². The van der Waals surface area contributed by atoms with E-state index >= 15 is 0 Å². The zero-order valence-electron chi connectivity index (χ0n) is 14.5. The minimum atomic E-state index is -0.511. The number of ether oxygens (including phenoxy) is 1. The minimum Gasteiger partial charge on any atom is -0.494 e. The van der Waals surface area contributed by atoms with Crippen molar-refractivity contribution >= 4 is 17.3 Å². The molecule has 3 rings (SSSR count). The van der Waals surface area contributed by atoms with Gasteiger partial charge in [-0.2, -0.15) is 4.79 Å². The third-order valence-corrected chi connectivity index (χ3v) is 4.58. The van der Waals surface area contributed by atoms with E-state index in [1.807, 2.05) is 42.5 Å². The Morgan fingerprint density at radius 2 is 1.54 bits per heavy atom. The van der Waals surface area contributed by atoms with Crippen molar-refractivity contribution in [2.24, 2.45) is 0 Å². The molecule has 1 aliphatic rings. The predicted molar refractivity (Wildman–Crippen MR) is 104 cm³/mol. The van der Waals surface area contributed by atoms with E-state index < -0.39 is 5.38 Å². The Bertz CT molecular complexity index is 814. The summed E-state index contributed by atoms with van der Waals surface area (Å²) in [5.41, 5.74) is 12.8. The number of hydrogen-bond acceptors (Lipinski definition) is 2. The largest absolute Gasteiger partial charge is 0.494 e. The Labute approximate surface area is 158 Å². The summed E-state index contributed by atoms with van der Waals surface area (Å²) in [7, 11) is 1.60. The van der Waals surface area contributed by atoms with Gasteiger partial charge >= 0.3 is 5.71 Å². The summed E-state index contributed by atoms with van der Waals surface area (Å²) in [6.45, 7) is 1.41. The highest BCUT2D eigenvalue weighted by atomic mass is 35.5. The molecule has 0 N–H and O–H groups in total. The molecule has 1 aliphatic carbocycles. The summed E-state index contributed by atoms with van der Waals surface area (Å²) in [4.78, 5) is 5.47. The van der Waals surface area contributed by atoms with Crippen LogP contribution in [0.15, 0.2) is 84.3 Å². The van der Waals surface area contributed by atoms with Crippen molar-refractivity contribution < 1.29 is 9.53 Å². The van der Waals surface area contributed by atoms with E-state index in [2.05, 4.69) is 34.0 Å². The first-order chi connectivity index (χ1) is 12.7. The highest BCUT2D eigenvalue weighted by molar-refractivity contribution is 6.34. The second-order valence-corrected chi connectivity index (χ2v) is 6.49. The summed E-state index contributed by atoms with van der Waals surface area (Å²) < 4.78 is 5.54. The smallest absolute Gasteiger partial charge is 0.317 e. The van der Waals surface area contributed by atoms with Crippen molar-refractivity contribution in [1.29, 1.82) is 0 Å². The fraction of sp³-hybridized carbons (Fsp3) is 0.190. The van der Waals surface area contributed by atoms with E-state index in [1.165, 1.54) is 11.1 Å². The van der Waals surface area contributed by atoms with Crippen molar-refractivity contribution in [3.05, 3.63) is 101 Å². The molecular formula is C21H20ClN3O. The van der Waals surface area contributed by atoms with Crippen LogP contribution in [-0.2, 0) is 17.8 Å². The molecule has 0 fully saturated rings. The monoisotopic (exact) mass is 365 g/mol. The lowest BCUT2D eigenvalue weighted by molar-refractivity contribution is -0.00561. The number of halogens is 1. The van der Waals surface area contributed by atoms with Gasteiger partial charge in [-0.1, -0.05) is 60.7 Å². The Hall–Kier alpha value is -2.81. The Morgan fingerprint density at radius 3 is 2.00 bits per heavy atom. The van der Waals surface area contributed by atoms with Crippen LogP contribution in [0.5, 0.6) is 0 Å². The van der Waals surface area contributed by atoms with Crippen LogP contribution in [0.3, 0.4) is 0 Å². The topological polar surface area (TPSA) is 48.9 Å². The SMILES string of the molecule is COC1=CC(=[N+]=[N-])C(Cl)C=C1N(Cc1ccccc1)Cc1ccccc1. The van der Waals surface area contributed by atoms with Gasteiger partial charge in [-0.05, 0) is 17.2 Å².